The lowest BCUT2D eigenvalue weighted by atomic mass is 10.0. The van der Waals surface area contributed by atoms with E-state index in [4.69, 9.17) is 16.3 Å². The van der Waals surface area contributed by atoms with Gasteiger partial charge in [0, 0.05) is 55.9 Å². The predicted molar refractivity (Wildman–Crippen MR) is 112 cm³/mol. The molecule has 0 radical (unpaired) electrons. The Hall–Kier alpha value is -1.99. The van der Waals surface area contributed by atoms with E-state index in [1.54, 1.807) is 0 Å². The minimum Gasteiger partial charge on any atom is -0.379 e. The fraction of sp³-hybridized carbons (Fsp3) is 0.429. The molecule has 1 aromatic carbocycles. The highest BCUT2D eigenvalue weighted by atomic mass is 35.5. The van der Waals surface area contributed by atoms with Crippen molar-refractivity contribution in [3.05, 3.63) is 58.4 Å². The molecule has 0 amide bonds. The van der Waals surface area contributed by atoms with Gasteiger partial charge in [0.25, 0.3) is 0 Å². The molecule has 4 rings (SSSR count). The number of fused-ring (bicyclic) bond motifs is 1. The molecule has 3 heterocycles. The molecule has 0 unspecified atom stereocenters. The first-order valence-corrected chi connectivity index (χ1v) is 10.1. The third kappa shape index (κ3) is 4.05. The van der Waals surface area contributed by atoms with E-state index < -0.39 is 0 Å². The summed E-state index contributed by atoms with van der Waals surface area (Å²) in [5.74, 6) is 0. The SMILES string of the molecule is Cc1nn(C)c2ncc(CNC[C@@H](c3ccccc3Cl)N3CCOCC3)cc12. The average molecular weight is 400 g/mol. The van der Waals surface area contributed by atoms with Gasteiger partial charge < -0.3 is 10.1 Å². The van der Waals surface area contributed by atoms with Crippen LogP contribution >= 0.6 is 11.6 Å². The number of aromatic nitrogens is 3. The van der Waals surface area contributed by atoms with Crippen LogP contribution in [0.2, 0.25) is 5.02 Å². The molecule has 2 aromatic heterocycles. The fourth-order valence-corrected chi connectivity index (χ4v) is 4.13. The maximum atomic E-state index is 6.51. The van der Waals surface area contributed by atoms with Crippen molar-refractivity contribution in [2.45, 2.75) is 19.5 Å². The molecule has 1 atom stereocenters. The summed E-state index contributed by atoms with van der Waals surface area (Å²) < 4.78 is 7.36. The maximum absolute atomic E-state index is 6.51. The van der Waals surface area contributed by atoms with Crippen LogP contribution in [0.5, 0.6) is 0 Å². The Kier molecular flexibility index (Phi) is 5.92. The van der Waals surface area contributed by atoms with E-state index >= 15 is 0 Å². The zero-order valence-corrected chi connectivity index (χ0v) is 17.1. The topological polar surface area (TPSA) is 55.2 Å². The highest BCUT2D eigenvalue weighted by molar-refractivity contribution is 6.31. The zero-order valence-electron chi connectivity index (χ0n) is 16.4. The Morgan fingerprint density at radius 3 is 2.82 bits per heavy atom. The van der Waals surface area contributed by atoms with Crippen molar-refractivity contribution in [1.29, 1.82) is 0 Å². The van der Waals surface area contributed by atoms with Crippen LogP contribution in [0.1, 0.15) is 22.9 Å². The molecule has 6 nitrogen and oxygen atoms in total. The van der Waals surface area contributed by atoms with Crippen molar-refractivity contribution in [2.75, 3.05) is 32.8 Å². The van der Waals surface area contributed by atoms with Crippen LogP contribution in [0.15, 0.2) is 36.5 Å². The van der Waals surface area contributed by atoms with Crippen LogP contribution < -0.4 is 5.32 Å². The molecule has 0 aliphatic carbocycles. The Morgan fingerprint density at radius 2 is 2.04 bits per heavy atom. The third-order valence-corrected chi connectivity index (χ3v) is 5.68. The van der Waals surface area contributed by atoms with Crippen molar-refractivity contribution in [2.24, 2.45) is 7.05 Å². The summed E-state index contributed by atoms with van der Waals surface area (Å²) in [6.07, 6.45) is 1.93. The van der Waals surface area contributed by atoms with E-state index in [2.05, 4.69) is 38.5 Å². The minimum absolute atomic E-state index is 0.217. The van der Waals surface area contributed by atoms with Gasteiger partial charge in [-0.15, -0.1) is 0 Å². The Morgan fingerprint density at radius 1 is 1.25 bits per heavy atom. The van der Waals surface area contributed by atoms with Crippen molar-refractivity contribution in [3.63, 3.8) is 0 Å². The molecular formula is C21H26ClN5O. The monoisotopic (exact) mass is 399 g/mol. The number of benzene rings is 1. The van der Waals surface area contributed by atoms with Gasteiger partial charge in [-0.25, -0.2) is 4.98 Å². The number of pyridine rings is 1. The van der Waals surface area contributed by atoms with Crippen LogP contribution in [-0.2, 0) is 18.3 Å². The first kappa shape index (κ1) is 19.3. The van der Waals surface area contributed by atoms with Gasteiger partial charge in [0.15, 0.2) is 5.65 Å². The number of ether oxygens (including phenoxy) is 1. The molecule has 28 heavy (non-hydrogen) atoms. The summed E-state index contributed by atoms with van der Waals surface area (Å²) in [6, 6.07) is 10.5. The van der Waals surface area contributed by atoms with Crippen LogP contribution in [0, 0.1) is 6.92 Å². The number of halogens is 1. The third-order valence-electron chi connectivity index (χ3n) is 5.34. The van der Waals surface area contributed by atoms with E-state index in [1.807, 2.05) is 37.0 Å². The van der Waals surface area contributed by atoms with Gasteiger partial charge in [0.05, 0.1) is 18.9 Å². The molecular weight excluding hydrogens is 374 g/mol. The quantitative estimate of drug-likeness (QED) is 0.690. The molecule has 1 N–H and O–H groups in total. The number of nitrogens with one attached hydrogen (secondary N) is 1. The molecule has 0 saturated carbocycles. The van der Waals surface area contributed by atoms with E-state index in [-0.39, 0.29) is 6.04 Å². The van der Waals surface area contributed by atoms with Gasteiger partial charge in [-0.3, -0.25) is 9.58 Å². The molecule has 1 fully saturated rings. The highest BCUT2D eigenvalue weighted by Gasteiger charge is 2.24. The standard InChI is InChI=1S/C21H26ClN5O/c1-15-18-11-16(13-24-21(18)26(2)25-15)12-23-14-20(27-7-9-28-10-8-27)17-5-3-4-6-19(17)22/h3-6,11,13,20,23H,7-10,12,14H2,1-2H3/t20-/m0/s1. The van der Waals surface area contributed by atoms with Crippen LogP contribution in [0.4, 0.5) is 0 Å². The van der Waals surface area contributed by atoms with E-state index in [0.29, 0.717) is 0 Å². The zero-order chi connectivity index (χ0) is 19.5. The van der Waals surface area contributed by atoms with Gasteiger partial charge in [0.1, 0.15) is 0 Å². The summed E-state index contributed by atoms with van der Waals surface area (Å²) in [4.78, 5) is 7.02. The Bertz CT molecular complexity index is 951. The van der Waals surface area contributed by atoms with Crippen LogP contribution in [0.3, 0.4) is 0 Å². The van der Waals surface area contributed by atoms with Crippen LogP contribution in [0.25, 0.3) is 11.0 Å². The van der Waals surface area contributed by atoms with Crippen molar-refractivity contribution in [3.8, 4) is 0 Å². The molecule has 148 valence electrons. The molecule has 1 aliphatic rings. The number of hydrogen-bond donors (Lipinski definition) is 1. The normalized spacial score (nSPS) is 16.5. The Labute approximate surface area is 170 Å². The van der Waals surface area contributed by atoms with E-state index in [0.717, 1.165) is 72.3 Å². The molecule has 1 aliphatic heterocycles. The number of morpholine rings is 1. The predicted octanol–water partition coefficient (Wildman–Crippen LogP) is 3.09. The van der Waals surface area contributed by atoms with Gasteiger partial charge in [-0.05, 0) is 30.2 Å². The lowest BCUT2D eigenvalue weighted by Crippen LogP contribution is -2.42. The lowest BCUT2D eigenvalue weighted by Gasteiger charge is -2.35. The molecule has 3 aromatic rings. The van der Waals surface area contributed by atoms with Crippen LogP contribution in [-0.4, -0.2) is 52.5 Å². The number of aryl methyl sites for hydroxylation is 2. The first-order valence-electron chi connectivity index (χ1n) is 9.68. The second kappa shape index (κ2) is 8.57. The van der Waals surface area contributed by atoms with Gasteiger partial charge >= 0.3 is 0 Å². The molecule has 1 saturated heterocycles. The van der Waals surface area contributed by atoms with Gasteiger partial charge in [-0.2, -0.15) is 5.10 Å². The van der Waals surface area contributed by atoms with Crippen molar-refractivity contribution < 1.29 is 4.74 Å². The van der Waals surface area contributed by atoms with Gasteiger partial charge in [0.2, 0.25) is 0 Å². The molecule has 0 spiro atoms. The second-order valence-corrected chi connectivity index (χ2v) is 7.65. The van der Waals surface area contributed by atoms with Gasteiger partial charge in [-0.1, -0.05) is 29.8 Å². The average Bonchev–Trinajstić information content (AvgIpc) is 3.00. The summed E-state index contributed by atoms with van der Waals surface area (Å²) in [5, 5.41) is 9.98. The summed E-state index contributed by atoms with van der Waals surface area (Å²) in [7, 11) is 1.93. The maximum Gasteiger partial charge on any atom is 0.157 e. The smallest absolute Gasteiger partial charge is 0.157 e. The minimum atomic E-state index is 0.217. The highest BCUT2D eigenvalue weighted by Crippen LogP contribution is 2.28. The summed E-state index contributed by atoms with van der Waals surface area (Å²) >= 11 is 6.51. The van der Waals surface area contributed by atoms with E-state index in [1.165, 1.54) is 0 Å². The first-order chi connectivity index (χ1) is 13.6. The van der Waals surface area contributed by atoms with Crippen molar-refractivity contribution in [1.82, 2.24) is 25.0 Å². The molecule has 0 bridgehead atoms. The number of rotatable bonds is 6. The van der Waals surface area contributed by atoms with E-state index in [9.17, 15) is 0 Å². The molecule has 7 heteroatoms. The number of hydrogen-bond acceptors (Lipinski definition) is 5. The summed E-state index contributed by atoms with van der Waals surface area (Å²) in [5.41, 5.74) is 4.25. The largest absolute Gasteiger partial charge is 0.379 e. The lowest BCUT2D eigenvalue weighted by molar-refractivity contribution is 0.0161. The number of nitrogens with zero attached hydrogens (tertiary/aromatic N) is 4. The van der Waals surface area contributed by atoms with Crippen molar-refractivity contribution >= 4 is 22.6 Å². The summed E-state index contributed by atoms with van der Waals surface area (Å²) in [6.45, 7) is 6.95. The Balaban J connectivity index is 1.48. The second-order valence-electron chi connectivity index (χ2n) is 7.24. The fourth-order valence-electron chi connectivity index (χ4n) is 3.87.